The van der Waals surface area contributed by atoms with E-state index in [0.29, 0.717) is 5.75 Å². The molecule has 1 amide bonds. The summed E-state index contributed by atoms with van der Waals surface area (Å²) in [6.07, 6.45) is 4.44. The highest BCUT2D eigenvalue weighted by molar-refractivity contribution is 9.10. The van der Waals surface area contributed by atoms with Crippen molar-refractivity contribution in [1.29, 1.82) is 0 Å². The highest BCUT2D eigenvalue weighted by atomic mass is 79.9. The lowest BCUT2D eigenvalue weighted by molar-refractivity contribution is -0.118. The van der Waals surface area contributed by atoms with E-state index in [9.17, 15) is 4.79 Å². The number of hydrogen-bond donors (Lipinski definition) is 1. The predicted molar refractivity (Wildman–Crippen MR) is 101 cm³/mol. The molecule has 1 N–H and O–H groups in total. The SMILES string of the molecule is O=C(COc1ccc2oc3c(c2c1)CCCC3)Nc1ccccc1Br. The van der Waals surface area contributed by atoms with Crippen LogP contribution in [-0.4, -0.2) is 12.5 Å². The quantitative estimate of drug-likeness (QED) is 0.664. The summed E-state index contributed by atoms with van der Waals surface area (Å²) in [5, 5.41) is 3.94. The molecule has 0 aliphatic heterocycles. The lowest BCUT2D eigenvalue weighted by atomic mass is 9.96. The molecule has 3 aromatic rings. The minimum absolute atomic E-state index is 0.0348. The van der Waals surface area contributed by atoms with Crippen LogP contribution >= 0.6 is 15.9 Å². The highest BCUT2D eigenvalue weighted by Crippen LogP contribution is 2.34. The summed E-state index contributed by atoms with van der Waals surface area (Å²) in [4.78, 5) is 12.1. The maximum Gasteiger partial charge on any atom is 0.262 e. The zero-order valence-electron chi connectivity index (χ0n) is 13.7. The summed E-state index contributed by atoms with van der Waals surface area (Å²) in [6, 6.07) is 13.2. The van der Waals surface area contributed by atoms with Crippen LogP contribution < -0.4 is 10.1 Å². The largest absolute Gasteiger partial charge is 0.484 e. The number of carbonyl (C=O) groups is 1. The Morgan fingerprint density at radius 1 is 1.16 bits per heavy atom. The number of rotatable bonds is 4. The van der Waals surface area contributed by atoms with Gasteiger partial charge in [-0.3, -0.25) is 4.79 Å². The Morgan fingerprint density at radius 2 is 2.00 bits per heavy atom. The molecule has 0 saturated heterocycles. The molecule has 4 nitrogen and oxygen atoms in total. The predicted octanol–water partition coefficient (Wildman–Crippen LogP) is 5.09. The van der Waals surface area contributed by atoms with Gasteiger partial charge < -0.3 is 14.5 Å². The van der Waals surface area contributed by atoms with E-state index in [0.717, 1.165) is 39.7 Å². The number of anilines is 1. The summed E-state index contributed by atoms with van der Waals surface area (Å²) >= 11 is 3.41. The average Bonchev–Trinajstić information content (AvgIpc) is 3.00. The number of halogens is 1. The third-order valence-electron chi connectivity index (χ3n) is 4.44. The zero-order chi connectivity index (χ0) is 17.2. The second kappa shape index (κ2) is 6.92. The molecule has 2 aromatic carbocycles. The fraction of sp³-hybridized carbons (Fsp3) is 0.250. The topological polar surface area (TPSA) is 51.5 Å². The number of fused-ring (bicyclic) bond motifs is 3. The molecule has 1 heterocycles. The third kappa shape index (κ3) is 3.42. The van der Waals surface area contributed by atoms with Gasteiger partial charge in [-0.05, 0) is 65.5 Å². The summed E-state index contributed by atoms with van der Waals surface area (Å²) in [7, 11) is 0. The van der Waals surface area contributed by atoms with Crippen molar-refractivity contribution in [2.24, 2.45) is 0 Å². The Hall–Kier alpha value is -2.27. The first-order valence-corrected chi connectivity index (χ1v) is 9.21. The molecule has 4 rings (SSSR count). The first-order valence-electron chi connectivity index (χ1n) is 8.42. The number of amides is 1. The molecular weight excluding hydrogens is 382 g/mol. The van der Waals surface area contributed by atoms with Gasteiger partial charge >= 0.3 is 0 Å². The smallest absolute Gasteiger partial charge is 0.262 e. The number of furan rings is 1. The van der Waals surface area contributed by atoms with E-state index in [4.69, 9.17) is 9.15 Å². The van der Waals surface area contributed by atoms with Crippen molar-refractivity contribution in [3.8, 4) is 5.75 Å². The minimum Gasteiger partial charge on any atom is -0.484 e. The minimum atomic E-state index is -0.193. The van der Waals surface area contributed by atoms with Crippen LogP contribution in [0.5, 0.6) is 5.75 Å². The van der Waals surface area contributed by atoms with Crippen molar-refractivity contribution in [1.82, 2.24) is 0 Å². The fourth-order valence-corrected chi connectivity index (χ4v) is 3.61. The van der Waals surface area contributed by atoms with E-state index >= 15 is 0 Å². The van der Waals surface area contributed by atoms with Crippen LogP contribution in [0.4, 0.5) is 5.69 Å². The second-order valence-corrected chi connectivity index (χ2v) is 7.04. The number of ether oxygens (including phenoxy) is 1. The van der Waals surface area contributed by atoms with E-state index in [-0.39, 0.29) is 12.5 Å². The Bertz CT molecular complexity index is 932. The Labute approximate surface area is 154 Å². The number of para-hydroxylation sites is 1. The average molecular weight is 400 g/mol. The van der Waals surface area contributed by atoms with Crippen LogP contribution in [0.1, 0.15) is 24.2 Å². The molecule has 1 aliphatic carbocycles. The van der Waals surface area contributed by atoms with Gasteiger partial charge in [0.05, 0.1) is 5.69 Å². The van der Waals surface area contributed by atoms with Crippen LogP contribution in [0.2, 0.25) is 0 Å². The van der Waals surface area contributed by atoms with Gasteiger partial charge in [0.15, 0.2) is 6.61 Å². The van der Waals surface area contributed by atoms with Gasteiger partial charge in [-0.1, -0.05) is 12.1 Å². The standard InChI is InChI=1S/C20H18BrNO3/c21-16-6-2-3-7-17(16)22-20(23)12-24-13-9-10-19-15(11-13)14-5-1-4-8-18(14)25-19/h2-3,6-7,9-11H,1,4-5,8,12H2,(H,22,23). The summed E-state index contributed by atoms with van der Waals surface area (Å²) in [6.45, 7) is -0.0348. The van der Waals surface area contributed by atoms with Crippen molar-refractivity contribution in [2.45, 2.75) is 25.7 Å². The van der Waals surface area contributed by atoms with Crippen molar-refractivity contribution in [2.75, 3.05) is 11.9 Å². The number of nitrogens with one attached hydrogen (secondary N) is 1. The molecule has 128 valence electrons. The van der Waals surface area contributed by atoms with Gasteiger partial charge in [-0.15, -0.1) is 0 Å². The van der Waals surface area contributed by atoms with Crippen LogP contribution in [-0.2, 0) is 17.6 Å². The molecule has 0 atom stereocenters. The molecule has 5 heteroatoms. The van der Waals surface area contributed by atoms with E-state index < -0.39 is 0 Å². The van der Waals surface area contributed by atoms with Gasteiger partial charge in [-0.25, -0.2) is 0 Å². The lowest BCUT2D eigenvalue weighted by Gasteiger charge is -2.10. The van der Waals surface area contributed by atoms with Gasteiger partial charge in [0.25, 0.3) is 5.91 Å². The number of hydrogen-bond acceptors (Lipinski definition) is 3. The second-order valence-electron chi connectivity index (χ2n) is 6.19. The van der Waals surface area contributed by atoms with Crippen molar-refractivity contribution in [3.63, 3.8) is 0 Å². The van der Waals surface area contributed by atoms with Crippen LogP contribution in [0.15, 0.2) is 51.4 Å². The molecule has 0 unspecified atom stereocenters. The van der Waals surface area contributed by atoms with Crippen LogP contribution in [0.25, 0.3) is 11.0 Å². The normalized spacial score (nSPS) is 13.5. The molecule has 25 heavy (non-hydrogen) atoms. The van der Waals surface area contributed by atoms with E-state index in [1.165, 1.54) is 18.4 Å². The molecule has 1 aromatic heterocycles. The monoisotopic (exact) mass is 399 g/mol. The molecule has 0 saturated carbocycles. The summed E-state index contributed by atoms with van der Waals surface area (Å²) in [5.74, 6) is 1.59. The van der Waals surface area contributed by atoms with Gasteiger partial charge in [-0.2, -0.15) is 0 Å². The maximum absolute atomic E-state index is 12.1. The molecule has 0 radical (unpaired) electrons. The Morgan fingerprint density at radius 3 is 2.88 bits per heavy atom. The molecule has 0 fully saturated rings. The zero-order valence-corrected chi connectivity index (χ0v) is 15.3. The summed E-state index contributed by atoms with van der Waals surface area (Å²) in [5.41, 5.74) is 2.93. The Balaban J connectivity index is 1.46. The van der Waals surface area contributed by atoms with Crippen molar-refractivity contribution >= 4 is 38.5 Å². The fourth-order valence-electron chi connectivity index (χ4n) is 3.23. The van der Waals surface area contributed by atoms with E-state index in [1.807, 2.05) is 42.5 Å². The lowest BCUT2D eigenvalue weighted by Crippen LogP contribution is -2.20. The van der Waals surface area contributed by atoms with Gasteiger partial charge in [0, 0.05) is 21.8 Å². The van der Waals surface area contributed by atoms with Crippen LogP contribution in [0, 0.1) is 0 Å². The molecular formula is C20H18BrNO3. The summed E-state index contributed by atoms with van der Waals surface area (Å²) < 4.78 is 12.4. The number of benzene rings is 2. The Kier molecular flexibility index (Phi) is 4.49. The van der Waals surface area contributed by atoms with E-state index in [1.54, 1.807) is 0 Å². The number of aryl methyl sites for hydroxylation is 2. The van der Waals surface area contributed by atoms with Gasteiger partial charge in [0.1, 0.15) is 17.1 Å². The highest BCUT2D eigenvalue weighted by Gasteiger charge is 2.18. The number of carbonyl (C=O) groups excluding carboxylic acids is 1. The molecule has 0 spiro atoms. The van der Waals surface area contributed by atoms with Crippen molar-refractivity contribution in [3.05, 3.63) is 58.3 Å². The van der Waals surface area contributed by atoms with E-state index in [2.05, 4.69) is 21.2 Å². The molecule has 1 aliphatic rings. The van der Waals surface area contributed by atoms with Crippen LogP contribution in [0.3, 0.4) is 0 Å². The maximum atomic E-state index is 12.1. The third-order valence-corrected chi connectivity index (χ3v) is 5.14. The first-order chi connectivity index (χ1) is 12.2. The van der Waals surface area contributed by atoms with Gasteiger partial charge in [0.2, 0.25) is 0 Å². The molecule has 0 bridgehead atoms. The van der Waals surface area contributed by atoms with Crippen molar-refractivity contribution < 1.29 is 13.9 Å². The first kappa shape index (κ1) is 16.2.